The molecule has 0 rings (SSSR count). The molecule has 0 aromatic rings. The zero-order valence-electron chi connectivity index (χ0n) is 8.62. The van der Waals surface area contributed by atoms with Crippen LogP contribution < -0.4 is 0 Å². The maximum absolute atomic E-state index is 10.7. The standard InChI is InChI=1S/C11H18O2/c1-5-9(2)8-10(3)6-7-11(12)13-4/h5-7,9-10H,1,8H2,2-4H3/b7-6+/t9-,10-/m1/s1/i7+1,11+1. The lowest BCUT2D eigenvalue weighted by Gasteiger charge is -2.09. The molecular weight excluding hydrogens is 166 g/mol. The van der Waals surface area contributed by atoms with E-state index in [1.807, 2.05) is 12.2 Å². The Morgan fingerprint density at radius 2 is 2.08 bits per heavy atom. The van der Waals surface area contributed by atoms with Crippen molar-refractivity contribution in [2.24, 2.45) is 11.8 Å². The highest BCUT2D eigenvalue weighted by Gasteiger charge is 2.02. The molecule has 74 valence electrons. The molecule has 0 fully saturated rings. The Labute approximate surface area is 80.3 Å². The highest BCUT2D eigenvalue weighted by atomic mass is 16.6. The van der Waals surface area contributed by atoms with Gasteiger partial charge in [0.05, 0.1) is 7.11 Å². The Morgan fingerprint density at radius 1 is 1.46 bits per heavy atom. The Hall–Kier alpha value is -1.05. The minimum Gasteiger partial charge on any atom is -0.466 e. The SMILES string of the molecule is C=C[C@@H](C)C[C@H](C)/C=[13CH]/[13C](=O)OC. The Balaban J connectivity index is 3.85. The van der Waals surface area contributed by atoms with Gasteiger partial charge in [0.2, 0.25) is 0 Å². The topological polar surface area (TPSA) is 26.3 Å². The minimum absolute atomic E-state index is 0.293. The maximum Gasteiger partial charge on any atom is 0.330 e. The average Bonchev–Trinajstić information content (AvgIpc) is 2.13. The summed E-state index contributed by atoms with van der Waals surface area (Å²) in [7, 11) is 1.38. The van der Waals surface area contributed by atoms with Crippen molar-refractivity contribution in [1.82, 2.24) is 0 Å². The number of ether oxygens (including phenoxy) is 1. The third-order valence-corrected chi connectivity index (χ3v) is 1.91. The van der Waals surface area contributed by atoms with Crippen molar-refractivity contribution in [2.75, 3.05) is 7.11 Å². The molecule has 0 saturated heterocycles. The molecule has 0 N–H and O–H groups in total. The summed E-state index contributed by atoms with van der Waals surface area (Å²) >= 11 is 0. The lowest BCUT2D eigenvalue weighted by atomic mass is 9.98. The predicted octanol–water partition coefficient (Wildman–Crippen LogP) is 2.56. The van der Waals surface area contributed by atoms with Gasteiger partial charge in [0.1, 0.15) is 0 Å². The van der Waals surface area contributed by atoms with E-state index >= 15 is 0 Å². The van der Waals surface area contributed by atoms with E-state index in [0.717, 1.165) is 6.42 Å². The number of esters is 1. The molecule has 0 bridgehead atoms. The number of carbonyl (C=O) groups excluding carboxylic acids is 1. The fourth-order valence-corrected chi connectivity index (χ4v) is 1.07. The van der Waals surface area contributed by atoms with Gasteiger partial charge in [-0.05, 0) is 18.3 Å². The van der Waals surface area contributed by atoms with Gasteiger partial charge in [0.25, 0.3) is 0 Å². The first-order chi connectivity index (χ1) is 6.10. The monoisotopic (exact) mass is 184 g/mol. The molecule has 0 radical (unpaired) electrons. The first-order valence-electron chi connectivity index (χ1n) is 4.48. The molecular formula is C11H18O2. The van der Waals surface area contributed by atoms with Crippen LogP contribution in [0.4, 0.5) is 0 Å². The normalized spacial score (nSPS) is 15.3. The van der Waals surface area contributed by atoms with Crippen LogP contribution in [-0.2, 0) is 9.53 Å². The molecule has 0 aromatic heterocycles. The number of allylic oxidation sites excluding steroid dienone is 2. The van der Waals surface area contributed by atoms with Crippen LogP contribution in [0.5, 0.6) is 0 Å². The van der Waals surface area contributed by atoms with Crippen LogP contribution in [-0.4, -0.2) is 13.1 Å². The smallest absolute Gasteiger partial charge is 0.330 e. The second kappa shape index (κ2) is 6.46. The van der Waals surface area contributed by atoms with Crippen LogP contribution in [0, 0.1) is 11.8 Å². The van der Waals surface area contributed by atoms with E-state index in [-0.39, 0.29) is 5.97 Å². The fourth-order valence-electron chi connectivity index (χ4n) is 1.07. The molecule has 0 heterocycles. The quantitative estimate of drug-likeness (QED) is 0.284. The van der Waals surface area contributed by atoms with E-state index in [4.69, 9.17) is 0 Å². The number of hydrogen-bond donors (Lipinski definition) is 0. The molecule has 0 saturated carbocycles. The van der Waals surface area contributed by atoms with Gasteiger partial charge in [-0.15, -0.1) is 6.58 Å². The van der Waals surface area contributed by atoms with Crippen molar-refractivity contribution >= 4 is 5.97 Å². The second-order valence-electron chi connectivity index (χ2n) is 3.31. The highest BCUT2D eigenvalue weighted by Crippen LogP contribution is 2.13. The zero-order chi connectivity index (χ0) is 10.3. The molecule has 0 aliphatic rings. The van der Waals surface area contributed by atoms with Crippen LogP contribution in [0.3, 0.4) is 0 Å². The van der Waals surface area contributed by atoms with Gasteiger partial charge in [-0.1, -0.05) is 26.0 Å². The Bertz CT molecular complexity index is 194. The molecule has 0 aromatic carbocycles. The van der Waals surface area contributed by atoms with Crippen molar-refractivity contribution in [1.29, 1.82) is 0 Å². The molecule has 0 unspecified atom stereocenters. The lowest BCUT2D eigenvalue weighted by molar-refractivity contribution is -0.134. The second-order valence-corrected chi connectivity index (χ2v) is 3.31. The van der Waals surface area contributed by atoms with Crippen LogP contribution in [0.2, 0.25) is 0 Å². The van der Waals surface area contributed by atoms with Gasteiger partial charge in [0.15, 0.2) is 0 Å². The average molecular weight is 184 g/mol. The van der Waals surface area contributed by atoms with E-state index in [0.29, 0.717) is 11.8 Å². The zero-order valence-corrected chi connectivity index (χ0v) is 8.62. The number of methoxy groups -OCH3 is 1. The molecule has 2 heteroatoms. The molecule has 2 atom stereocenters. The van der Waals surface area contributed by atoms with Gasteiger partial charge in [-0.2, -0.15) is 0 Å². The third-order valence-electron chi connectivity index (χ3n) is 1.91. The van der Waals surface area contributed by atoms with Crippen molar-refractivity contribution < 1.29 is 9.53 Å². The van der Waals surface area contributed by atoms with Crippen molar-refractivity contribution in [2.45, 2.75) is 20.3 Å². The summed E-state index contributed by atoms with van der Waals surface area (Å²) in [5, 5.41) is 0. The van der Waals surface area contributed by atoms with Crippen LogP contribution in [0.15, 0.2) is 24.8 Å². The van der Waals surface area contributed by atoms with Crippen molar-refractivity contribution in [3.8, 4) is 0 Å². The molecule has 0 aliphatic carbocycles. The van der Waals surface area contributed by atoms with E-state index in [1.165, 1.54) is 13.2 Å². The fraction of sp³-hybridized carbons (Fsp3) is 0.545. The van der Waals surface area contributed by atoms with E-state index in [9.17, 15) is 4.79 Å². The number of carbonyl (C=O) groups is 1. The van der Waals surface area contributed by atoms with E-state index in [1.54, 1.807) is 0 Å². The molecule has 13 heavy (non-hydrogen) atoms. The first-order valence-corrected chi connectivity index (χ1v) is 4.48. The Morgan fingerprint density at radius 3 is 2.54 bits per heavy atom. The number of rotatable bonds is 5. The maximum atomic E-state index is 10.7. The van der Waals surface area contributed by atoms with Crippen molar-refractivity contribution in [3.05, 3.63) is 24.8 Å². The van der Waals surface area contributed by atoms with E-state index < -0.39 is 0 Å². The lowest BCUT2D eigenvalue weighted by Crippen LogP contribution is -2.00. The summed E-state index contributed by atoms with van der Waals surface area (Å²) in [4.78, 5) is 10.7. The van der Waals surface area contributed by atoms with Crippen LogP contribution in [0.1, 0.15) is 20.3 Å². The summed E-state index contributed by atoms with van der Waals surface area (Å²) < 4.78 is 4.49. The Kier molecular flexibility index (Phi) is 5.94. The minimum atomic E-state index is -0.293. The predicted molar refractivity (Wildman–Crippen MR) is 54.3 cm³/mol. The highest BCUT2D eigenvalue weighted by molar-refractivity contribution is 5.81. The van der Waals surface area contributed by atoms with Gasteiger partial charge < -0.3 is 4.74 Å². The molecule has 2 nitrogen and oxygen atoms in total. The first kappa shape index (κ1) is 11.9. The summed E-state index contributed by atoms with van der Waals surface area (Å²) in [5.74, 6) is 0.572. The molecule has 0 spiro atoms. The summed E-state index contributed by atoms with van der Waals surface area (Å²) in [6, 6.07) is 0. The third kappa shape index (κ3) is 6.14. The van der Waals surface area contributed by atoms with Gasteiger partial charge in [0, 0.05) is 6.08 Å². The van der Waals surface area contributed by atoms with Gasteiger partial charge in [-0.3, -0.25) is 0 Å². The van der Waals surface area contributed by atoms with Crippen LogP contribution in [0.25, 0.3) is 0 Å². The summed E-state index contributed by atoms with van der Waals surface area (Å²) in [5.41, 5.74) is 0. The molecule has 0 aliphatic heterocycles. The largest absolute Gasteiger partial charge is 0.466 e. The van der Waals surface area contributed by atoms with Crippen LogP contribution >= 0.6 is 0 Å². The number of hydrogen-bond acceptors (Lipinski definition) is 2. The van der Waals surface area contributed by atoms with Gasteiger partial charge in [-0.25, -0.2) is 4.79 Å². The van der Waals surface area contributed by atoms with Gasteiger partial charge >= 0.3 is 5.97 Å². The van der Waals surface area contributed by atoms with E-state index in [2.05, 4.69) is 25.2 Å². The summed E-state index contributed by atoms with van der Waals surface area (Å²) in [6.07, 6.45) is 6.27. The van der Waals surface area contributed by atoms with Crippen molar-refractivity contribution in [3.63, 3.8) is 0 Å². The molecule has 0 amide bonds. The summed E-state index contributed by atoms with van der Waals surface area (Å²) in [6.45, 7) is 7.88.